The second-order valence-electron chi connectivity index (χ2n) is 4.47. The number of aromatic nitrogens is 2. The van der Waals surface area contributed by atoms with Gasteiger partial charge in [-0.1, -0.05) is 13.0 Å². The van der Waals surface area contributed by atoms with Crippen LogP contribution in [0.2, 0.25) is 0 Å². The van der Waals surface area contributed by atoms with E-state index in [4.69, 9.17) is 5.73 Å². The first-order valence-electron chi connectivity index (χ1n) is 5.87. The maximum absolute atomic E-state index is 5.52. The fraction of sp³-hybridized carbons (Fsp3) is 0.462. The highest BCUT2D eigenvalue weighted by molar-refractivity contribution is 5.75. The average Bonchev–Trinajstić information content (AvgIpc) is 2.68. The van der Waals surface area contributed by atoms with E-state index in [1.165, 1.54) is 5.56 Å². The molecule has 0 saturated heterocycles. The van der Waals surface area contributed by atoms with Crippen LogP contribution >= 0.6 is 0 Å². The van der Waals surface area contributed by atoms with Crippen LogP contribution in [0.5, 0.6) is 0 Å². The predicted molar refractivity (Wildman–Crippen MR) is 67.5 cm³/mol. The molecule has 3 N–H and O–H groups in total. The molecule has 1 atom stereocenters. The van der Waals surface area contributed by atoms with E-state index in [9.17, 15) is 0 Å². The number of nitrogens with one attached hydrogen (secondary N) is 1. The van der Waals surface area contributed by atoms with Gasteiger partial charge >= 0.3 is 0 Å². The van der Waals surface area contributed by atoms with Crippen LogP contribution in [0.1, 0.15) is 37.1 Å². The number of aromatic amines is 1. The quantitative estimate of drug-likeness (QED) is 0.827. The summed E-state index contributed by atoms with van der Waals surface area (Å²) in [6.07, 6.45) is 2.15. The Morgan fingerprint density at radius 3 is 3.00 bits per heavy atom. The summed E-state index contributed by atoms with van der Waals surface area (Å²) in [5.74, 6) is 1.53. The number of imidazole rings is 1. The van der Waals surface area contributed by atoms with E-state index >= 15 is 0 Å². The van der Waals surface area contributed by atoms with Gasteiger partial charge in [-0.3, -0.25) is 0 Å². The minimum Gasteiger partial charge on any atom is -0.342 e. The third-order valence-corrected chi connectivity index (χ3v) is 2.96. The van der Waals surface area contributed by atoms with E-state index < -0.39 is 0 Å². The Hall–Kier alpha value is -1.35. The summed E-state index contributed by atoms with van der Waals surface area (Å²) in [5, 5.41) is 0. The standard InChI is InChI=1S/C13H19N3/c1-9-5-6-11-12(8-9)16-13(15-11)10(2)4-3-7-14/h5-6,8,10H,3-4,7,14H2,1-2H3,(H,15,16). The van der Waals surface area contributed by atoms with Gasteiger partial charge in [0.05, 0.1) is 11.0 Å². The van der Waals surface area contributed by atoms with Crippen molar-refractivity contribution in [1.29, 1.82) is 0 Å². The fourth-order valence-corrected chi connectivity index (χ4v) is 1.94. The van der Waals surface area contributed by atoms with Crippen LogP contribution in [-0.2, 0) is 0 Å². The monoisotopic (exact) mass is 217 g/mol. The maximum atomic E-state index is 5.52. The highest BCUT2D eigenvalue weighted by atomic mass is 14.9. The molecule has 3 nitrogen and oxygen atoms in total. The van der Waals surface area contributed by atoms with Crippen molar-refractivity contribution in [3.63, 3.8) is 0 Å². The van der Waals surface area contributed by atoms with E-state index in [-0.39, 0.29) is 0 Å². The average molecular weight is 217 g/mol. The highest BCUT2D eigenvalue weighted by Gasteiger charge is 2.10. The lowest BCUT2D eigenvalue weighted by atomic mass is 10.1. The molecule has 2 rings (SSSR count). The number of hydrogen-bond acceptors (Lipinski definition) is 2. The zero-order valence-electron chi connectivity index (χ0n) is 9.96. The van der Waals surface area contributed by atoms with Crippen molar-refractivity contribution < 1.29 is 0 Å². The first kappa shape index (κ1) is 11.1. The summed E-state index contributed by atoms with van der Waals surface area (Å²) in [6.45, 7) is 5.04. The van der Waals surface area contributed by atoms with Gasteiger partial charge in [0.15, 0.2) is 0 Å². The van der Waals surface area contributed by atoms with E-state index in [1.54, 1.807) is 0 Å². The number of rotatable bonds is 4. The predicted octanol–water partition coefficient (Wildman–Crippen LogP) is 2.71. The zero-order valence-corrected chi connectivity index (χ0v) is 9.96. The van der Waals surface area contributed by atoms with Crippen LogP contribution in [0.4, 0.5) is 0 Å². The zero-order chi connectivity index (χ0) is 11.5. The van der Waals surface area contributed by atoms with Gasteiger partial charge in [-0.25, -0.2) is 4.98 Å². The summed E-state index contributed by atoms with van der Waals surface area (Å²) >= 11 is 0. The van der Waals surface area contributed by atoms with Crippen molar-refractivity contribution in [3.05, 3.63) is 29.6 Å². The summed E-state index contributed by atoms with van der Waals surface area (Å²) in [6, 6.07) is 6.30. The Labute approximate surface area is 96.1 Å². The molecule has 0 aliphatic carbocycles. The van der Waals surface area contributed by atoms with Gasteiger partial charge < -0.3 is 10.7 Å². The summed E-state index contributed by atoms with van der Waals surface area (Å²) in [5.41, 5.74) is 8.97. The molecule has 0 aliphatic heterocycles. The molecule has 0 spiro atoms. The van der Waals surface area contributed by atoms with Crippen molar-refractivity contribution in [2.45, 2.75) is 32.6 Å². The SMILES string of the molecule is Cc1ccc2nc(C(C)CCCN)[nH]c2c1. The van der Waals surface area contributed by atoms with E-state index in [0.717, 1.165) is 36.2 Å². The molecule has 0 saturated carbocycles. The molecule has 3 heteroatoms. The minimum atomic E-state index is 0.455. The lowest BCUT2D eigenvalue weighted by Crippen LogP contribution is -2.02. The second kappa shape index (κ2) is 4.66. The Kier molecular flexibility index (Phi) is 3.25. The molecule has 0 amide bonds. The molecule has 1 aromatic carbocycles. The summed E-state index contributed by atoms with van der Waals surface area (Å²) in [7, 11) is 0. The lowest BCUT2D eigenvalue weighted by Gasteiger charge is -2.06. The largest absolute Gasteiger partial charge is 0.342 e. The van der Waals surface area contributed by atoms with Crippen molar-refractivity contribution in [3.8, 4) is 0 Å². The highest BCUT2D eigenvalue weighted by Crippen LogP contribution is 2.21. The molecule has 1 aromatic heterocycles. The number of aryl methyl sites for hydroxylation is 1. The first-order chi connectivity index (χ1) is 7.70. The number of nitrogens with two attached hydrogens (primary N) is 1. The first-order valence-corrected chi connectivity index (χ1v) is 5.87. The van der Waals surface area contributed by atoms with Crippen molar-refractivity contribution in [2.24, 2.45) is 5.73 Å². The molecule has 1 unspecified atom stereocenters. The summed E-state index contributed by atoms with van der Waals surface area (Å²) < 4.78 is 0. The third kappa shape index (κ3) is 2.25. The van der Waals surface area contributed by atoms with Crippen LogP contribution in [0.15, 0.2) is 18.2 Å². The fourth-order valence-electron chi connectivity index (χ4n) is 1.94. The van der Waals surface area contributed by atoms with Gasteiger partial charge in [0.1, 0.15) is 5.82 Å². The third-order valence-electron chi connectivity index (χ3n) is 2.96. The lowest BCUT2D eigenvalue weighted by molar-refractivity contribution is 0.616. The normalized spacial score (nSPS) is 13.2. The van der Waals surface area contributed by atoms with Gasteiger partial charge in [-0.15, -0.1) is 0 Å². The number of benzene rings is 1. The molecule has 0 fully saturated rings. The summed E-state index contributed by atoms with van der Waals surface area (Å²) in [4.78, 5) is 8.00. The molecule has 0 radical (unpaired) electrons. The molecule has 1 heterocycles. The molecule has 0 bridgehead atoms. The van der Waals surface area contributed by atoms with Crippen molar-refractivity contribution in [2.75, 3.05) is 6.54 Å². The maximum Gasteiger partial charge on any atom is 0.110 e. The van der Waals surface area contributed by atoms with E-state index in [1.807, 2.05) is 0 Å². The van der Waals surface area contributed by atoms with Gasteiger partial charge in [0.25, 0.3) is 0 Å². The number of hydrogen-bond donors (Lipinski definition) is 2. The Bertz CT molecular complexity index is 473. The van der Waals surface area contributed by atoms with Crippen molar-refractivity contribution in [1.82, 2.24) is 9.97 Å². The molecule has 86 valence electrons. The van der Waals surface area contributed by atoms with Gasteiger partial charge in [0, 0.05) is 5.92 Å². The van der Waals surface area contributed by atoms with E-state index in [0.29, 0.717) is 5.92 Å². The van der Waals surface area contributed by atoms with Crippen LogP contribution in [0.25, 0.3) is 11.0 Å². The molecule has 0 aliphatic rings. The van der Waals surface area contributed by atoms with Crippen LogP contribution in [0.3, 0.4) is 0 Å². The molecule has 16 heavy (non-hydrogen) atoms. The Morgan fingerprint density at radius 2 is 2.25 bits per heavy atom. The minimum absolute atomic E-state index is 0.455. The second-order valence-corrected chi connectivity index (χ2v) is 4.47. The van der Waals surface area contributed by atoms with Crippen LogP contribution in [-0.4, -0.2) is 16.5 Å². The Morgan fingerprint density at radius 1 is 1.44 bits per heavy atom. The van der Waals surface area contributed by atoms with Crippen LogP contribution < -0.4 is 5.73 Å². The van der Waals surface area contributed by atoms with Gasteiger partial charge in [-0.2, -0.15) is 0 Å². The van der Waals surface area contributed by atoms with E-state index in [2.05, 4.69) is 42.0 Å². The number of H-pyrrole nitrogens is 1. The number of fused-ring (bicyclic) bond motifs is 1. The Balaban J connectivity index is 2.25. The topological polar surface area (TPSA) is 54.7 Å². The molecular weight excluding hydrogens is 198 g/mol. The number of nitrogens with zero attached hydrogens (tertiary/aromatic N) is 1. The smallest absolute Gasteiger partial charge is 0.110 e. The van der Waals surface area contributed by atoms with Crippen LogP contribution in [0, 0.1) is 6.92 Å². The van der Waals surface area contributed by atoms with Gasteiger partial charge in [-0.05, 0) is 44.0 Å². The molecule has 2 aromatic rings. The van der Waals surface area contributed by atoms with Crippen molar-refractivity contribution >= 4 is 11.0 Å². The molecular formula is C13H19N3. The van der Waals surface area contributed by atoms with Gasteiger partial charge in [0.2, 0.25) is 0 Å².